The smallest absolute Gasteiger partial charge is 0.0536 e. The molecule has 0 aromatic heterocycles. The second-order valence-corrected chi connectivity index (χ2v) is 7.05. The molecule has 2 atom stereocenters. The van der Waals surface area contributed by atoms with E-state index in [1.54, 1.807) is 0 Å². The van der Waals surface area contributed by atoms with Crippen molar-refractivity contribution in [2.45, 2.75) is 32.9 Å². The van der Waals surface area contributed by atoms with Gasteiger partial charge in [0.15, 0.2) is 0 Å². The largest absolute Gasteiger partial charge is 0.289 e. The predicted molar refractivity (Wildman–Crippen MR) is 109 cm³/mol. The number of likely N-dealkylation sites (N-methyl/N-ethyl adjacent to an activating group) is 1. The molecule has 0 aliphatic heterocycles. The summed E-state index contributed by atoms with van der Waals surface area (Å²) < 4.78 is 0. The molecule has 0 saturated carbocycles. The first-order valence-corrected chi connectivity index (χ1v) is 8.97. The van der Waals surface area contributed by atoms with Crippen LogP contribution in [0.5, 0.6) is 0 Å². The highest BCUT2D eigenvalue weighted by Crippen LogP contribution is 2.32. The minimum Gasteiger partial charge on any atom is -0.289 e. The summed E-state index contributed by atoms with van der Waals surface area (Å²) in [6.07, 6.45) is 2.36. The van der Waals surface area contributed by atoms with E-state index in [1.165, 1.54) is 27.5 Å². The Bertz CT molecular complexity index is 859. The Morgan fingerprint density at radius 3 is 2.12 bits per heavy atom. The normalized spacial score (nSPS) is 13.6. The van der Waals surface area contributed by atoms with Crippen molar-refractivity contribution in [2.24, 2.45) is 0 Å². The Morgan fingerprint density at radius 2 is 1.44 bits per heavy atom. The standard InChI is InChI=1S/C24H27N/c1-18(2)16-24(25(4)19(3)20-10-6-5-7-11-20)23-15-14-21-12-8-9-13-22(21)17-23/h5-17,19,24H,1-4H3. The summed E-state index contributed by atoms with van der Waals surface area (Å²) in [5.74, 6) is 0. The van der Waals surface area contributed by atoms with Crippen molar-refractivity contribution in [3.05, 3.63) is 95.6 Å². The number of hydrogen-bond donors (Lipinski definition) is 0. The molecule has 1 nitrogen and oxygen atoms in total. The summed E-state index contributed by atoms with van der Waals surface area (Å²) in [6, 6.07) is 26.7. The molecule has 0 aliphatic carbocycles. The molecule has 0 fully saturated rings. The van der Waals surface area contributed by atoms with Crippen molar-refractivity contribution in [2.75, 3.05) is 7.05 Å². The van der Waals surface area contributed by atoms with Crippen molar-refractivity contribution < 1.29 is 0 Å². The zero-order valence-corrected chi connectivity index (χ0v) is 15.6. The summed E-state index contributed by atoms with van der Waals surface area (Å²) in [5.41, 5.74) is 4.02. The second kappa shape index (κ2) is 7.67. The molecular weight excluding hydrogens is 302 g/mol. The lowest BCUT2D eigenvalue weighted by Gasteiger charge is -2.32. The van der Waals surface area contributed by atoms with Crippen LogP contribution in [0.1, 0.15) is 44.0 Å². The minimum absolute atomic E-state index is 0.254. The zero-order valence-electron chi connectivity index (χ0n) is 15.6. The fourth-order valence-electron chi connectivity index (χ4n) is 3.36. The molecule has 0 amide bonds. The number of rotatable bonds is 5. The van der Waals surface area contributed by atoms with E-state index < -0.39 is 0 Å². The Kier molecular flexibility index (Phi) is 5.35. The average molecular weight is 329 g/mol. The van der Waals surface area contributed by atoms with Gasteiger partial charge in [0.1, 0.15) is 0 Å². The first-order chi connectivity index (χ1) is 12.1. The van der Waals surface area contributed by atoms with Crippen LogP contribution < -0.4 is 0 Å². The molecular formula is C24H27N. The van der Waals surface area contributed by atoms with Gasteiger partial charge >= 0.3 is 0 Å². The van der Waals surface area contributed by atoms with Crippen LogP contribution in [-0.4, -0.2) is 11.9 Å². The van der Waals surface area contributed by atoms with E-state index >= 15 is 0 Å². The molecule has 3 aromatic carbocycles. The van der Waals surface area contributed by atoms with Crippen LogP contribution in [0.25, 0.3) is 10.8 Å². The van der Waals surface area contributed by atoms with Crippen LogP contribution in [-0.2, 0) is 0 Å². The maximum Gasteiger partial charge on any atom is 0.0536 e. The number of benzene rings is 3. The van der Waals surface area contributed by atoms with Crippen LogP contribution >= 0.6 is 0 Å². The molecule has 128 valence electrons. The predicted octanol–water partition coefficient (Wildman–Crippen LogP) is 6.54. The molecule has 25 heavy (non-hydrogen) atoms. The van der Waals surface area contributed by atoms with E-state index in [0.29, 0.717) is 6.04 Å². The Hall–Kier alpha value is -2.38. The second-order valence-electron chi connectivity index (χ2n) is 7.05. The van der Waals surface area contributed by atoms with Crippen molar-refractivity contribution in [1.82, 2.24) is 4.90 Å². The van der Waals surface area contributed by atoms with E-state index in [-0.39, 0.29) is 6.04 Å². The van der Waals surface area contributed by atoms with E-state index in [4.69, 9.17) is 0 Å². The Morgan fingerprint density at radius 1 is 0.800 bits per heavy atom. The van der Waals surface area contributed by atoms with Gasteiger partial charge in [0.25, 0.3) is 0 Å². The fraction of sp³-hybridized carbons (Fsp3) is 0.250. The summed E-state index contributed by atoms with van der Waals surface area (Å²) in [4.78, 5) is 2.45. The Balaban J connectivity index is 1.99. The molecule has 0 radical (unpaired) electrons. The van der Waals surface area contributed by atoms with Gasteiger partial charge < -0.3 is 0 Å². The van der Waals surface area contributed by atoms with Gasteiger partial charge in [-0.3, -0.25) is 4.90 Å². The third kappa shape index (κ3) is 4.00. The van der Waals surface area contributed by atoms with Crippen LogP contribution in [0.15, 0.2) is 84.4 Å². The maximum atomic E-state index is 2.45. The van der Waals surface area contributed by atoms with E-state index in [2.05, 4.69) is 112 Å². The van der Waals surface area contributed by atoms with Gasteiger partial charge in [-0.1, -0.05) is 78.4 Å². The van der Waals surface area contributed by atoms with Gasteiger partial charge in [-0.15, -0.1) is 0 Å². The third-order valence-corrected chi connectivity index (χ3v) is 4.94. The number of nitrogens with zero attached hydrogens (tertiary/aromatic N) is 1. The topological polar surface area (TPSA) is 3.24 Å². The molecule has 2 unspecified atom stereocenters. The van der Waals surface area contributed by atoms with Crippen LogP contribution in [0, 0.1) is 0 Å². The highest BCUT2D eigenvalue weighted by atomic mass is 15.2. The molecule has 0 heterocycles. The Labute approximate surface area is 151 Å². The average Bonchev–Trinajstić information content (AvgIpc) is 2.65. The number of allylic oxidation sites excluding steroid dienone is 1. The van der Waals surface area contributed by atoms with E-state index in [9.17, 15) is 0 Å². The molecule has 0 N–H and O–H groups in total. The lowest BCUT2D eigenvalue weighted by Crippen LogP contribution is -2.26. The van der Waals surface area contributed by atoms with Gasteiger partial charge in [-0.2, -0.15) is 0 Å². The summed E-state index contributed by atoms with van der Waals surface area (Å²) in [5, 5.41) is 2.59. The molecule has 0 saturated heterocycles. The molecule has 1 heteroatoms. The molecule has 3 aromatic rings. The van der Waals surface area contributed by atoms with Crippen molar-refractivity contribution >= 4 is 10.8 Å². The van der Waals surface area contributed by atoms with E-state index in [1.807, 2.05) is 0 Å². The number of fused-ring (bicyclic) bond motifs is 1. The lowest BCUT2D eigenvalue weighted by molar-refractivity contribution is 0.218. The zero-order chi connectivity index (χ0) is 17.8. The SMILES string of the molecule is CC(C)=CC(c1ccc2ccccc2c1)N(C)C(C)c1ccccc1. The van der Waals surface area contributed by atoms with Crippen LogP contribution in [0.3, 0.4) is 0 Å². The quantitative estimate of drug-likeness (QED) is 0.480. The highest BCUT2D eigenvalue weighted by Gasteiger charge is 2.21. The van der Waals surface area contributed by atoms with Crippen molar-refractivity contribution in [1.29, 1.82) is 0 Å². The maximum absolute atomic E-state index is 2.45. The molecule has 0 bridgehead atoms. The first-order valence-electron chi connectivity index (χ1n) is 8.97. The molecule has 0 spiro atoms. The fourth-order valence-corrected chi connectivity index (χ4v) is 3.36. The summed E-state index contributed by atoms with van der Waals surface area (Å²) in [6.45, 7) is 6.63. The van der Waals surface area contributed by atoms with Crippen molar-refractivity contribution in [3.8, 4) is 0 Å². The molecule has 3 rings (SSSR count). The lowest BCUT2D eigenvalue weighted by atomic mass is 9.97. The van der Waals surface area contributed by atoms with E-state index in [0.717, 1.165) is 0 Å². The monoisotopic (exact) mass is 329 g/mol. The third-order valence-electron chi connectivity index (χ3n) is 4.94. The van der Waals surface area contributed by atoms with Gasteiger partial charge in [-0.05, 0) is 55.8 Å². The van der Waals surface area contributed by atoms with Gasteiger partial charge in [0, 0.05) is 6.04 Å². The van der Waals surface area contributed by atoms with Crippen LogP contribution in [0.4, 0.5) is 0 Å². The minimum atomic E-state index is 0.254. The number of hydrogen-bond acceptors (Lipinski definition) is 1. The van der Waals surface area contributed by atoms with Crippen molar-refractivity contribution in [3.63, 3.8) is 0 Å². The first kappa shape index (κ1) is 17.4. The molecule has 0 aliphatic rings. The van der Waals surface area contributed by atoms with Gasteiger partial charge in [0.2, 0.25) is 0 Å². The van der Waals surface area contributed by atoms with Gasteiger partial charge in [0.05, 0.1) is 6.04 Å². The summed E-state index contributed by atoms with van der Waals surface area (Å²) in [7, 11) is 2.22. The summed E-state index contributed by atoms with van der Waals surface area (Å²) >= 11 is 0. The van der Waals surface area contributed by atoms with Crippen LogP contribution in [0.2, 0.25) is 0 Å². The highest BCUT2D eigenvalue weighted by molar-refractivity contribution is 5.83. The van der Waals surface area contributed by atoms with Gasteiger partial charge in [-0.25, -0.2) is 0 Å².